The molecule has 1 atom stereocenters. The number of anilines is 1. The Morgan fingerprint density at radius 1 is 1.36 bits per heavy atom. The monoisotopic (exact) mass is 345 g/mol. The molecule has 2 aromatic rings. The van der Waals surface area contributed by atoms with E-state index in [1.165, 1.54) is 36.2 Å². The molecule has 1 saturated heterocycles. The highest BCUT2D eigenvalue weighted by Crippen LogP contribution is 2.28. The van der Waals surface area contributed by atoms with E-state index in [1.54, 1.807) is 12.1 Å². The third kappa shape index (κ3) is 3.68. The highest BCUT2D eigenvalue weighted by atomic mass is 19.1. The van der Waals surface area contributed by atoms with E-state index >= 15 is 0 Å². The molecular formula is C17H16FN3O4. The topological polar surface area (TPSA) is 91.5 Å². The van der Waals surface area contributed by atoms with Crippen LogP contribution in [0.4, 0.5) is 14.9 Å². The molecule has 3 rings (SSSR count). The molecule has 0 radical (unpaired) electrons. The lowest BCUT2D eigenvalue weighted by molar-refractivity contribution is -0.119. The molecule has 2 N–H and O–H groups in total. The van der Waals surface area contributed by atoms with Gasteiger partial charge in [0, 0.05) is 24.8 Å². The zero-order chi connectivity index (χ0) is 18.0. The molecule has 7 nitrogen and oxygen atoms in total. The molecule has 8 heteroatoms. The van der Waals surface area contributed by atoms with Crippen molar-refractivity contribution in [1.82, 2.24) is 10.3 Å². The number of cyclic esters (lactones) is 1. The number of amides is 2. The predicted octanol–water partition coefficient (Wildman–Crippen LogP) is 1.64. The summed E-state index contributed by atoms with van der Waals surface area (Å²) >= 11 is 0. The first-order valence-electron chi connectivity index (χ1n) is 7.65. The molecule has 130 valence electrons. The first kappa shape index (κ1) is 16.7. The summed E-state index contributed by atoms with van der Waals surface area (Å²) in [6.45, 7) is 1.78. The zero-order valence-electron chi connectivity index (χ0n) is 13.4. The van der Waals surface area contributed by atoms with E-state index in [2.05, 4.69) is 10.3 Å². The van der Waals surface area contributed by atoms with Crippen LogP contribution in [0.2, 0.25) is 0 Å². The van der Waals surface area contributed by atoms with Crippen molar-refractivity contribution in [3.8, 4) is 11.1 Å². The Morgan fingerprint density at radius 3 is 2.84 bits per heavy atom. The average Bonchev–Trinajstić information content (AvgIpc) is 2.94. The summed E-state index contributed by atoms with van der Waals surface area (Å²) in [6, 6.07) is 7.20. The van der Waals surface area contributed by atoms with Crippen molar-refractivity contribution in [2.75, 3.05) is 18.0 Å². The molecule has 1 aromatic heterocycles. The lowest BCUT2D eigenvalue weighted by Crippen LogP contribution is -2.33. The van der Waals surface area contributed by atoms with Gasteiger partial charge in [0.05, 0.1) is 18.8 Å². The smallest absolute Gasteiger partial charge is 0.414 e. The number of pyridine rings is 1. The molecule has 1 aromatic carbocycles. The third-order valence-electron chi connectivity index (χ3n) is 3.80. The van der Waals surface area contributed by atoms with Crippen LogP contribution in [-0.4, -0.2) is 36.2 Å². The van der Waals surface area contributed by atoms with E-state index in [-0.39, 0.29) is 30.1 Å². The molecule has 1 aliphatic rings. The van der Waals surface area contributed by atoms with Gasteiger partial charge in [0.25, 0.3) is 0 Å². The van der Waals surface area contributed by atoms with Crippen molar-refractivity contribution >= 4 is 17.7 Å². The van der Waals surface area contributed by atoms with Crippen molar-refractivity contribution in [3.05, 3.63) is 52.7 Å². The van der Waals surface area contributed by atoms with Crippen LogP contribution >= 0.6 is 0 Å². The third-order valence-corrected chi connectivity index (χ3v) is 3.80. The van der Waals surface area contributed by atoms with Gasteiger partial charge in [-0.25, -0.2) is 9.18 Å². The number of aromatic amines is 1. The van der Waals surface area contributed by atoms with Gasteiger partial charge < -0.3 is 15.0 Å². The summed E-state index contributed by atoms with van der Waals surface area (Å²) < 4.78 is 19.6. The molecule has 0 unspecified atom stereocenters. The molecule has 0 bridgehead atoms. The van der Waals surface area contributed by atoms with E-state index in [0.29, 0.717) is 11.3 Å². The number of nitrogens with one attached hydrogen (secondary N) is 2. The average molecular weight is 345 g/mol. The molecule has 0 aliphatic carbocycles. The molecule has 0 spiro atoms. The fraction of sp³-hybridized carbons (Fsp3) is 0.235. The van der Waals surface area contributed by atoms with Crippen molar-refractivity contribution in [3.63, 3.8) is 0 Å². The Balaban J connectivity index is 1.80. The summed E-state index contributed by atoms with van der Waals surface area (Å²) in [4.78, 5) is 38.0. The number of nitrogens with zero attached hydrogens (tertiary/aromatic N) is 1. The number of hydrogen-bond acceptors (Lipinski definition) is 4. The van der Waals surface area contributed by atoms with Crippen molar-refractivity contribution in [2.24, 2.45) is 0 Å². The minimum absolute atomic E-state index is 0.199. The first-order chi connectivity index (χ1) is 11.9. The summed E-state index contributed by atoms with van der Waals surface area (Å²) in [5.41, 5.74) is 0.726. The normalized spacial score (nSPS) is 16.6. The molecule has 25 heavy (non-hydrogen) atoms. The van der Waals surface area contributed by atoms with Gasteiger partial charge in [-0.2, -0.15) is 0 Å². The molecule has 2 amide bonds. The highest BCUT2D eigenvalue weighted by Gasteiger charge is 2.32. The van der Waals surface area contributed by atoms with Gasteiger partial charge in [-0.05, 0) is 29.8 Å². The first-order valence-corrected chi connectivity index (χ1v) is 7.65. The quantitative estimate of drug-likeness (QED) is 0.881. The minimum Gasteiger partial charge on any atom is -0.442 e. The van der Waals surface area contributed by atoms with Gasteiger partial charge in [0.15, 0.2) is 0 Å². The summed E-state index contributed by atoms with van der Waals surface area (Å²) in [7, 11) is 0. The number of carbonyl (C=O) groups excluding carboxylic acids is 2. The van der Waals surface area contributed by atoms with Gasteiger partial charge in [0.1, 0.15) is 11.9 Å². The Hall–Kier alpha value is -3.16. The van der Waals surface area contributed by atoms with Crippen LogP contribution in [0.15, 0.2) is 41.3 Å². The van der Waals surface area contributed by atoms with Crippen molar-refractivity contribution in [2.45, 2.75) is 13.0 Å². The highest BCUT2D eigenvalue weighted by molar-refractivity contribution is 5.90. The fourth-order valence-electron chi connectivity index (χ4n) is 2.61. The van der Waals surface area contributed by atoms with Gasteiger partial charge in [-0.3, -0.25) is 14.5 Å². The Bertz CT molecular complexity index is 880. The standard InChI is InChI=1S/C17H16FN3O4/c1-10(22)20-8-13-9-21(17(24)25-13)12-2-3-14(15(18)7-12)11-4-5-19-16(23)6-11/h2-7,13H,8-9H2,1H3,(H,19,23)(H,20,22)/t13-/m0/s1. The number of hydrogen-bond donors (Lipinski definition) is 2. The molecule has 0 saturated carbocycles. The molecular weight excluding hydrogens is 329 g/mol. The number of benzene rings is 1. The number of aromatic nitrogens is 1. The van der Waals surface area contributed by atoms with Crippen LogP contribution in [0.3, 0.4) is 0 Å². The van der Waals surface area contributed by atoms with Crippen molar-refractivity contribution in [1.29, 1.82) is 0 Å². The van der Waals surface area contributed by atoms with Gasteiger partial charge in [0.2, 0.25) is 11.5 Å². The van der Waals surface area contributed by atoms with Crippen LogP contribution in [-0.2, 0) is 9.53 Å². The van der Waals surface area contributed by atoms with Crippen LogP contribution in [0.5, 0.6) is 0 Å². The van der Waals surface area contributed by atoms with Crippen LogP contribution in [0.1, 0.15) is 6.92 Å². The number of rotatable bonds is 4. The van der Waals surface area contributed by atoms with Gasteiger partial charge in [-0.1, -0.05) is 0 Å². The van der Waals surface area contributed by atoms with E-state index < -0.39 is 18.0 Å². The second-order valence-corrected chi connectivity index (χ2v) is 5.66. The predicted molar refractivity (Wildman–Crippen MR) is 88.8 cm³/mol. The van der Waals surface area contributed by atoms with E-state index in [4.69, 9.17) is 4.74 Å². The van der Waals surface area contributed by atoms with Crippen LogP contribution < -0.4 is 15.8 Å². The largest absolute Gasteiger partial charge is 0.442 e. The fourth-order valence-corrected chi connectivity index (χ4v) is 2.61. The van der Waals surface area contributed by atoms with Crippen LogP contribution in [0, 0.1) is 5.82 Å². The van der Waals surface area contributed by atoms with Crippen LogP contribution in [0.25, 0.3) is 11.1 Å². The number of H-pyrrole nitrogens is 1. The Labute approximate surface area is 142 Å². The second-order valence-electron chi connectivity index (χ2n) is 5.66. The number of halogens is 1. The molecule has 2 heterocycles. The van der Waals surface area contributed by atoms with Crippen molar-refractivity contribution < 1.29 is 18.7 Å². The SMILES string of the molecule is CC(=O)NC[C@H]1CN(c2ccc(-c3cc[nH]c(=O)c3)c(F)c2)C(=O)O1. The summed E-state index contributed by atoms with van der Waals surface area (Å²) in [5, 5.41) is 2.58. The minimum atomic E-state index is -0.598. The maximum atomic E-state index is 14.5. The van der Waals surface area contributed by atoms with Gasteiger partial charge >= 0.3 is 6.09 Å². The Kier molecular flexibility index (Phi) is 4.51. The van der Waals surface area contributed by atoms with E-state index in [1.807, 2.05) is 0 Å². The molecule has 1 fully saturated rings. The summed E-state index contributed by atoms with van der Waals surface area (Å²) in [6.07, 6.45) is 0.348. The zero-order valence-corrected chi connectivity index (χ0v) is 13.4. The van der Waals surface area contributed by atoms with E-state index in [0.717, 1.165) is 0 Å². The Morgan fingerprint density at radius 2 is 2.16 bits per heavy atom. The van der Waals surface area contributed by atoms with E-state index in [9.17, 15) is 18.8 Å². The lowest BCUT2D eigenvalue weighted by Gasteiger charge is -2.14. The maximum Gasteiger partial charge on any atom is 0.414 e. The second kappa shape index (κ2) is 6.76. The summed E-state index contributed by atoms with van der Waals surface area (Å²) in [5.74, 6) is -0.774. The number of ether oxygens (including phenoxy) is 1. The molecule has 1 aliphatic heterocycles. The van der Waals surface area contributed by atoms with Gasteiger partial charge in [-0.15, -0.1) is 0 Å². The maximum absolute atomic E-state index is 14.5. The number of carbonyl (C=O) groups is 2. The lowest BCUT2D eigenvalue weighted by atomic mass is 10.1.